The summed E-state index contributed by atoms with van der Waals surface area (Å²) in [6.45, 7) is 0. The van der Waals surface area contributed by atoms with E-state index in [1.807, 2.05) is 18.2 Å². The van der Waals surface area contributed by atoms with Gasteiger partial charge in [0.05, 0.1) is 4.92 Å². The number of hydrogen-bond donors (Lipinski definition) is 0. The van der Waals surface area contributed by atoms with Gasteiger partial charge < -0.3 is 0 Å². The van der Waals surface area contributed by atoms with Crippen molar-refractivity contribution in [3.05, 3.63) is 74.2 Å². The Bertz CT molecular complexity index is 853. The zero-order chi connectivity index (χ0) is 14.1. The SMILES string of the molecule is O=c1c(-c2ccc([N+](=O)[O-])cc2)csc2ccccc12. The molecular weight excluding hydrogens is 274 g/mol. The second-order valence-corrected chi connectivity index (χ2v) is 5.19. The van der Waals surface area contributed by atoms with E-state index in [-0.39, 0.29) is 11.1 Å². The Morgan fingerprint density at radius 3 is 2.40 bits per heavy atom. The second-order valence-electron chi connectivity index (χ2n) is 4.28. The molecule has 5 heteroatoms. The van der Waals surface area contributed by atoms with E-state index in [4.69, 9.17) is 0 Å². The summed E-state index contributed by atoms with van der Waals surface area (Å²) in [7, 11) is 0. The van der Waals surface area contributed by atoms with Crippen molar-refractivity contribution in [2.75, 3.05) is 0 Å². The van der Waals surface area contributed by atoms with Gasteiger partial charge in [-0.2, -0.15) is 0 Å². The minimum Gasteiger partial charge on any atom is -0.289 e. The highest BCUT2D eigenvalue weighted by Gasteiger charge is 2.09. The molecule has 1 aromatic heterocycles. The fourth-order valence-corrected chi connectivity index (χ4v) is 2.97. The van der Waals surface area contributed by atoms with Crippen LogP contribution in [0.15, 0.2) is 58.7 Å². The lowest BCUT2D eigenvalue weighted by Gasteiger charge is -2.02. The van der Waals surface area contributed by atoms with Gasteiger partial charge in [0.25, 0.3) is 5.69 Å². The minimum atomic E-state index is -0.453. The first kappa shape index (κ1) is 12.5. The summed E-state index contributed by atoms with van der Waals surface area (Å²) in [5.41, 5.74) is 1.24. The summed E-state index contributed by atoms with van der Waals surface area (Å²) in [6, 6.07) is 13.5. The Labute approximate surface area is 118 Å². The first-order valence-electron chi connectivity index (χ1n) is 5.92. The van der Waals surface area contributed by atoms with Gasteiger partial charge in [-0.1, -0.05) is 12.1 Å². The van der Waals surface area contributed by atoms with Crippen molar-refractivity contribution in [2.24, 2.45) is 0 Å². The monoisotopic (exact) mass is 283 g/mol. The fourth-order valence-electron chi connectivity index (χ4n) is 2.04. The lowest BCUT2D eigenvalue weighted by atomic mass is 10.1. The highest BCUT2D eigenvalue weighted by Crippen LogP contribution is 2.24. The van der Waals surface area contributed by atoms with E-state index in [0.29, 0.717) is 16.5 Å². The van der Waals surface area contributed by atoms with Gasteiger partial charge >= 0.3 is 0 Å². The molecule has 4 nitrogen and oxygen atoms in total. The topological polar surface area (TPSA) is 60.2 Å². The van der Waals surface area contributed by atoms with E-state index >= 15 is 0 Å². The van der Waals surface area contributed by atoms with Crippen LogP contribution in [0.2, 0.25) is 0 Å². The van der Waals surface area contributed by atoms with E-state index in [1.165, 1.54) is 23.5 Å². The average Bonchev–Trinajstić information content (AvgIpc) is 2.48. The molecule has 3 aromatic rings. The van der Waals surface area contributed by atoms with Gasteiger partial charge in [-0.15, -0.1) is 11.3 Å². The first-order valence-corrected chi connectivity index (χ1v) is 6.80. The van der Waals surface area contributed by atoms with Crippen LogP contribution < -0.4 is 5.43 Å². The molecule has 98 valence electrons. The summed E-state index contributed by atoms with van der Waals surface area (Å²) < 4.78 is 0.933. The van der Waals surface area contributed by atoms with Crippen LogP contribution in [-0.4, -0.2) is 4.92 Å². The van der Waals surface area contributed by atoms with Crippen molar-refractivity contribution in [2.45, 2.75) is 0 Å². The molecule has 0 aliphatic heterocycles. The molecule has 0 saturated carbocycles. The van der Waals surface area contributed by atoms with Crippen LogP contribution in [0.4, 0.5) is 5.69 Å². The number of fused-ring (bicyclic) bond motifs is 1. The third-order valence-electron chi connectivity index (χ3n) is 3.07. The van der Waals surface area contributed by atoms with Gasteiger partial charge in [0.15, 0.2) is 5.43 Å². The van der Waals surface area contributed by atoms with Gasteiger partial charge in [0.1, 0.15) is 0 Å². The summed E-state index contributed by atoms with van der Waals surface area (Å²) >= 11 is 1.49. The highest BCUT2D eigenvalue weighted by atomic mass is 32.1. The molecule has 20 heavy (non-hydrogen) atoms. The molecule has 0 bridgehead atoms. The third kappa shape index (κ3) is 2.08. The largest absolute Gasteiger partial charge is 0.289 e. The summed E-state index contributed by atoms with van der Waals surface area (Å²) in [4.78, 5) is 22.6. The van der Waals surface area contributed by atoms with Crippen LogP contribution in [0.3, 0.4) is 0 Å². The Morgan fingerprint density at radius 1 is 1.00 bits per heavy atom. The number of benzene rings is 2. The molecule has 2 aromatic carbocycles. The van der Waals surface area contributed by atoms with Crippen LogP contribution in [0.1, 0.15) is 0 Å². The Hall–Kier alpha value is -2.53. The van der Waals surface area contributed by atoms with E-state index < -0.39 is 4.92 Å². The lowest BCUT2D eigenvalue weighted by Crippen LogP contribution is -2.03. The van der Waals surface area contributed by atoms with Gasteiger partial charge in [-0.25, -0.2) is 0 Å². The van der Waals surface area contributed by atoms with Gasteiger partial charge in [0.2, 0.25) is 0 Å². The molecule has 1 heterocycles. The predicted molar refractivity (Wildman–Crippen MR) is 80.2 cm³/mol. The molecule has 0 N–H and O–H groups in total. The van der Waals surface area contributed by atoms with Crippen molar-refractivity contribution in [3.63, 3.8) is 0 Å². The van der Waals surface area contributed by atoms with Gasteiger partial charge in [0, 0.05) is 33.2 Å². The predicted octanol–water partition coefficient (Wildman–Crippen LogP) is 3.84. The van der Waals surface area contributed by atoms with Crippen molar-refractivity contribution >= 4 is 27.1 Å². The smallest absolute Gasteiger partial charge is 0.269 e. The van der Waals surface area contributed by atoms with Crippen molar-refractivity contribution in [1.82, 2.24) is 0 Å². The quantitative estimate of drug-likeness (QED) is 0.530. The maximum absolute atomic E-state index is 12.4. The first-order chi connectivity index (χ1) is 9.66. The number of nitrogens with zero attached hydrogens (tertiary/aromatic N) is 1. The Morgan fingerprint density at radius 2 is 1.70 bits per heavy atom. The number of hydrogen-bond acceptors (Lipinski definition) is 4. The van der Waals surface area contributed by atoms with Gasteiger partial charge in [-0.3, -0.25) is 14.9 Å². The van der Waals surface area contributed by atoms with Crippen molar-refractivity contribution in [3.8, 4) is 11.1 Å². The van der Waals surface area contributed by atoms with Crippen LogP contribution >= 0.6 is 11.3 Å². The molecule has 0 spiro atoms. The van der Waals surface area contributed by atoms with E-state index in [0.717, 1.165) is 4.70 Å². The molecule has 3 rings (SSSR count). The number of nitro groups is 1. The zero-order valence-electron chi connectivity index (χ0n) is 10.3. The molecule has 0 amide bonds. The van der Waals surface area contributed by atoms with Crippen molar-refractivity contribution in [1.29, 1.82) is 0 Å². The summed E-state index contributed by atoms with van der Waals surface area (Å²) in [5.74, 6) is 0. The standard InChI is InChI=1S/C15H9NO3S/c17-15-12-3-1-2-4-14(12)20-9-13(15)10-5-7-11(8-6-10)16(18)19/h1-9H. The third-order valence-corrected chi connectivity index (χ3v) is 4.03. The molecule has 0 saturated heterocycles. The normalized spacial score (nSPS) is 10.6. The molecule has 0 atom stereocenters. The molecular formula is C15H9NO3S. The Balaban J connectivity index is 2.17. The zero-order valence-corrected chi connectivity index (χ0v) is 11.1. The maximum Gasteiger partial charge on any atom is 0.269 e. The maximum atomic E-state index is 12.4. The fraction of sp³-hybridized carbons (Fsp3) is 0. The lowest BCUT2D eigenvalue weighted by molar-refractivity contribution is -0.384. The van der Waals surface area contributed by atoms with E-state index in [2.05, 4.69) is 0 Å². The van der Waals surface area contributed by atoms with Crippen LogP contribution in [0, 0.1) is 10.1 Å². The van der Waals surface area contributed by atoms with Crippen LogP contribution in [-0.2, 0) is 0 Å². The molecule has 0 fully saturated rings. The number of rotatable bonds is 2. The van der Waals surface area contributed by atoms with Crippen LogP contribution in [0.5, 0.6) is 0 Å². The van der Waals surface area contributed by atoms with E-state index in [9.17, 15) is 14.9 Å². The van der Waals surface area contributed by atoms with E-state index in [1.54, 1.807) is 23.6 Å². The van der Waals surface area contributed by atoms with Crippen LogP contribution in [0.25, 0.3) is 21.2 Å². The molecule has 0 unspecified atom stereocenters. The number of nitro benzene ring substituents is 1. The highest BCUT2D eigenvalue weighted by molar-refractivity contribution is 7.16. The number of non-ortho nitro benzene ring substituents is 1. The summed E-state index contributed by atoms with van der Waals surface area (Å²) in [6.07, 6.45) is 0. The second kappa shape index (κ2) is 4.86. The Kier molecular flexibility index (Phi) is 3.04. The molecule has 0 aliphatic carbocycles. The molecule has 0 radical (unpaired) electrons. The molecule has 0 aliphatic rings. The average molecular weight is 283 g/mol. The summed E-state index contributed by atoms with van der Waals surface area (Å²) in [5, 5.41) is 13.1. The minimum absolute atomic E-state index is 0.0191. The van der Waals surface area contributed by atoms with Gasteiger partial charge in [-0.05, 0) is 29.8 Å². The van der Waals surface area contributed by atoms with Crippen molar-refractivity contribution < 1.29 is 4.92 Å².